The van der Waals surface area contributed by atoms with Crippen LogP contribution in [-0.2, 0) is 4.74 Å². The number of pyridine rings is 1. The fraction of sp³-hybridized carbons (Fsp3) is 0.300. The lowest BCUT2D eigenvalue weighted by molar-refractivity contribution is -0.245. The topological polar surface area (TPSA) is 113 Å². The summed E-state index contributed by atoms with van der Waals surface area (Å²) in [7, 11) is 0. The van der Waals surface area contributed by atoms with Gasteiger partial charge in [0.15, 0.2) is 0 Å². The minimum absolute atomic E-state index is 0.00462. The second kappa shape index (κ2) is 9.93. The predicted octanol–water partition coefficient (Wildman–Crippen LogP) is 4.08. The van der Waals surface area contributed by atoms with E-state index >= 15 is 0 Å². The van der Waals surface area contributed by atoms with Gasteiger partial charge in [-0.05, 0) is 44.2 Å². The molecule has 1 amide bonds. The molecule has 2 aromatic rings. The van der Waals surface area contributed by atoms with Crippen LogP contribution in [-0.4, -0.2) is 41.2 Å². The number of alkyl halides is 3. The molecule has 0 spiro atoms. The Morgan fingerprint density at radius 2 is 2.00 bits per heavy atom. The molecule has 12 heteroatoms. The molecule has 0 saturated carbocycles. The molecule has 0 saturated heterocycles. The molecule has 3 N–H and O–H groups in total. The van der Waals surface area contributed by atoms with Crippen LogP contribution in [0.15, 0.2) is 41.5 Å². The molecule has 0 fully saturated rings. The van der Waals surface area contributed by atoms with Gasteiger partial charge >= 0.3 is 6.18 Å². The lowest BCUT2D eigenvalue weighted by atomic mass is 10.0. The molecule has 32 heavy (non-hydrogen) atoms. The number of ether oxygens (including phenoxy) is 1. The van der Waals surface area contributed by atoms with Crippen molar-refractivity contribution in [3.8, 4) is 6.07 Å². The smallest absolute Gasteiger partial charge is 0.385 e. The van der Waals surface area contributed by atoms with Crippen molar-refractivity contribution in [1.82, 2.24) is 4.98 Å². The van der Waals surface area contributed by atoms with Crippen molar-refractivity contribution in [1.29, 1.82) is 5.26 Å². The van der Waals surface area contributed by atoms with E-state index < -0.39 is 29.3 Å². The van der Waals surface area contributed by atoms with Gasteiger partial charge in [0.25, 0.3) is 5.91 Å². The number of nitriles is 1. The molecule has 0 unspecified atom stereocenters. The summed E-state index contributed by atoms with van der Waals surface area (Å²) in [6.07, 6.45) is -3.26. The van der Waals surface area contributed by atoms with Crippen molar-refractivity contribution >= 4 is 29.0 Å². The largest absolute Gasteiger partial charge is 0.424 e. The standard InChI is InChI=1S/C13H7ClFN3O.C7H11F3N2O/c14-11-5-8(6-16)7-17-12(11)13(19)18-10-3-1-9(15)2-4-10;1-4-3-13-6(2,5(11)12-4)7(8,9)10/h1-5,7H,(H,18,19);4H,3H2,1-2H3,(H2,11,12)/t;4-,6+/m.0/s1. The molecule has 0 bridgehead atoms. The SMILES string of the molecule is C[C@H]1CO[C@@](C)(C(F)(F)F)C(N)=N1.N#Cc1cnc(C(=O)Nc2ccc(F)cc2)c(Cl)c1. The number of amides is 1. The minimum atomic E-state index is -4.51. The average Bonchev–Trinajstić information content (AvgIpc) is 2.72. The second-order valence-electron chi connectivity index (χ2n) is 6.83. The Morgan fingerprint density at radius 1 is 1.38 bits per heavy atom. The van der Waals surface area contributed by atoms with Crippen LogP contribution in [0.25, 0.3) is 0 Å². The molecule has 2 atom stereocenters. The first-order valence-corrected chi connectivity index (χ1v) is 9.42. The quantitative estimate of drug-likeness (QED) is 0.641. The summed E-state index contributed by atoms with van der Waals surface area (Å²) in [5.74, 6) is -1.42. The summed E-state index contributed by atoms with van der Waals surface area (Å²) < 4.78 is 54.6. The number of hydrogen-bond donors (Lipinski definition) is 2. The average molecular weight is 472 g/mol. The van der Waals surface area contributed by atoms with E-state index in [1.54, 1.807) is 6.92 Å². The highest BCUT2D eigenvalue weighted by molar-refractivity contribution is 6.34. The number of aromatic nitrogens is 1. The molecule has 2 heterocycles. The number of nitrogens with one attached hydrogen (secondary N) is 1. The number of anilines is 1. The Bertz CT molecular complexity index is 1050. The molecule has 1 aromatic heterocycles. The van der Waals surface area contributed by atoms with Crippen LogP contribution in [0.1, 0.15) is 29.9 Å². The van der Waals surface area contributed by atoms with Crippen LogP contribution < -0.4 is 11.1 Å². The zero-order valence-electron chi connectivity index (χ0n) is 16.9. The molecular formula is C20H18ClF4N5O2. The van der Waals surface area contributed by atoms with E-state index in [2.05, 4.69) is 20.0 Å². The summed E-state index contributed by atoms with van der Waals surface area (Å²) in [4.78, 5) is 19.4. The predicted molar refractivity (Wildman–Crippen MR) is 110 cm³/mol. The number of benzene rings is 1. The van der Waals surface area contributed by atoms with Crippen LogP contribution in [0.2, 0.25) is 5.02 Å². The fourth-order valence-electron chi connectivity index (χ4n) is 2.38. The number of carbonyl (C=O) groups is 1. The number of amidine groups is 1. The van der Waals surface area contributed by atoms with E-state index in [1.165, 1.54) is 36.5 Å². The molecule has 170 valence electrons. The number of rotatable bonds is 2. The number of hydrogen-bond acceptors (Lipinski definition) is 6. The third-order valence-corrected chi connectivity index (χ3v) is 4.58. The van der Waals surface area contributed by atoms with E-state index in [9.17, 15) is 22.4 Å². The van der Waals surface area contributed by atoms with Crippen LogP contribution in [0, 0.1) is 17.1 Å². The van der Waals surface area contributed by atoms with Crippen molar-refractivity contribution in [2.24, 2.45) is 10.7 Å². The molecule has 3 rings (SSSR count). The molecule has 1 aliphatic rings. The van der Waals surface area contributed by atoms with E-state index in [4.69, 9.17) is 22.6 Å². The minimum Gasteiger partial charge on any atom is -0.385 e. The van der Waals surface area contributed by atoms with Crippen LogP contribution in [0.4, 0.5) is 23.2 Å². The Balaban J connectivity index is 0.000000244. The summed E-state index contributed by atoms with van der Waals surface area (Å²) in [6.45, 7) is 2.47. The van der Waals surface area contributed by atoms with Gasteiger partial charge in [0.05, 0.1) is 23.2 Å². The van der Waals surface area contributed by atoms with E-state index in [0.717, 1.165) is 6.92 Å². The number of nitrogens with two attached hydrogens (primary N) is 1. The van der Waals surface area contributed by atoms with Gasteiger partial charge in [-0.1, -0.05) is 11.6 Å². The highest BCUT2D eigenvalue weighted by Crippen LogP contribution is 2.35. The first kappa shape index (κ1) is 25.0. The van der Waals surface area contributed by atoms with E-state index in [-0.39, 0.29) is 28.9 Å². The van der Waals surface area contributed by atoms with Gasteiger partial charge in [-0.15, -0.1) is 0 Å². The van der Waals surface area contributed by atoms with Crippen LogP contribution >= 0.6 is 11.6 Å². The number of aliphatic imine (C=N–C) groups is 1. The lowest BCUT2D eigenvalue weighted by Crippen LogP contribution is -2.58. The summed E-state index contributed by atoms with van der Waals surface area (Å²) in [5, 5.41) is 11.3. The molecule has 0 aliphatic carbocycles. The monoisotopic (exact) mass is 471 g/mol. The van der Waals surface area contributed by atoms with Gasteiger partial charge in [-0.3, -0.25) is 9.79 Å². The maximum Gasteiger partial charge on any atom is 0.424 e. The van der Waals surface area contributed by atoms with Gasteiger partial charge < -0.3 is 15.8 Å². The van der Waals surface area contributed by atoms with Gasteiger partial charge in [0.2, 0.25) is 5.60 Å². The van der Waals surface area contributed by atoms with Crippen molar-refractivity contribution in [2.75, 3.05) is 11.9 Å². The summed E-state index contributed by atoms with van der Waals surface area (Å²) >= 11 is 5.86. The van der Waals surface area contributed by atoms with E-state index in [0.29, 0.717) is 5.69 Å². The van der Waals surface area contributed by atoms with E-state index in [1.807, 2.05) is 6.07 Å². The first-order valence-electron chi connectivity index (χ1n) is 9.04. The van der Waals surface area contributed by atoms with Gasteiger partial charge in [0, 0.05) is 11.9 Å². The Hall–Kier alpha value is -3.23. The molecular weight excluding hydrogens is 454 g/mol. The molecule has 7 nitrogen and oxygen atoms in total. The Morgan fingerprint density at radius 3 is 2.50 bits per heavy atom. The highest BCUT2D eigenvalue weighted by atomic mass is 35.5. The van der Waals surface area contributed by atoms with Crippen molar-refractivity contribution in [2.45, 2.75) is 31.7 Å². The van der Waals surface area contributed by atoms with Gasteiger partial charge in [-0.25, -0.2) is 9.37 Å². The number of nitrogens with zero attached hydrogens (tertiary/aromatic N) is 3. The highest BCUT2D eigenvalue weighted by Gasteiger charge is 2.57. The molecule has 1 aromatic carbocycles. The Kier molecular flexibility index (Phi) is 7.77. The molecule has 1 aliphatic heterocycles. The van der Waals surface area contributed by atoms with Gasteiger partial charge in [-0.2, -0.15) is 18.4 Å². The summed E-state index contributed by atoms with van der Waals surface area (Å²) in [5.41, 5.74) is 3.47. The second-order valence-corrected chi connectivity index (χ2v) is 7.24. The van der Waals surface area contributed by atoms with Crippen molar-refractivity contribution in [3.63, 3.8) is 0 Å². The lowest BCUT2D eigenvalue weighted by Gasteiger charge is -2.35. The van der Waals surface area contributed by atoms with Crippen molar-refractivity contribution in [3.05, 3.63) is 58.6 Å². The number of halogens is 5. The third kappa shape index (κ3) is 5.93. The summed E-state index contributed by atoms with van der Waals surface area (Å²) in [6, 6.07) is 8.21. The zero-order chi connectivity index (χ0) is 24.1. The normalized spacial score (nSPS) is 20.3. The van der Waals surface area contributed by atoms with Crippen LogP contribution in [0.3, 0.4) is 0 Å². The van der Waals surface area contributed by atoms with Crippen molar-refractivity contribution < 1.29 is 27.1 Å². The Labute approximate surface area is 185 Å². The van der Waals surface area contributed by atoms with Gasteiger partial charge in [0.1, 0.15) is 23.4 Å². The third-order valence-electron chi connectivity index (χ3n) is 4.29. The number of carbonyl (C=O) groups excluding carboxylic acids is 1. The first-order chi connectivity index (χ1) is 14.9. The molecule has 0 radical (unpaired) electrons. The maximum atomic E-state index is 12.7. The zero-order valence-corrected chi connectivity index (χ0v) is 17.6. The van der Waals surface area contributed by atoms with Crippen LogP contribution in [0.5, 0.6) is 0 Å². The fourth-order valence-corrected chi connectivity index (χ4v) is 2.63. The maximum absolute atomic E-state index is 12.7.